The van der Waals surface area contributed by atoms with Crippen LogP contribution in [0.25, 0.3) is 0 Å². The molecule has 1 saturated heterocycles. The van der Waals surface area contributed by atoms with Crippen LogP contribution in [0.15, 0.2) is 0 Å². The van der Waals surface area contributed by atoms with Crippen molar-refractivity contribution < 1.29 is 4.74 Å². The fraction of sp³-hybridized carbons (Fsp3) is 1.00. The molecule has 2 heteroatoms. The Morgan fingerprint density at radius 3 is 2.65 bits per heavy atom. The van der Waals surface area contributed by atoms with Crippen molar-refractivity contribution in [2.24, 2.45) is 5.92 Å². The van der Waals surface area contributed by atoms with Crippen molar-refractivity contribution in [3.63, 3.8) is 0 Å². The van der Waals surface area contributed by atoms with Gasteiger partial charge in [0.1, 0.15) is 0 Å². The SMILES string of the molecule is CCCCCCC(C)OCCC1CCNCC1. The van der Waals surface area contributed by atoms with Gasteiger partial charge in [-0.2, -0.15) is 0 Å². The quantitative estimate of drug-likeness (QED) is 0.621. The van der Waals surface area contributed by atoms with E-state index in [9.17, 15) is 0 Å². The van der Waals surface area contributed by atoms with E-state index in [1.54, 1.807) is 0 Å². The van der Waals surface area contributed by atoms with E-state index in [1.807, 2.05) is 0 Å². The van der Waals surface area contributed by atoms with E-state index in [0.717, 1.165) is 12.5 Å². The van der Waals surface area contributed by atoms with Crippen LogP contribution in [0, 0.1) is 5.92 Å². The van der Waals surface area contributed by atoms with Gasteiger partial charge in [0.15, 0.2) is 0 Å². The Balaban J connectivity index is 1.90. The van der Waals surface area contributed by atoms with E-state index in [1.165, 1.54) is 64.5 Å². The summed E-state index contributed by atoms with van der Waals surface area (Å²) < 4.78 is 5.90. The molecular formula is C15H31NO. The Bertz CT molecular complexity index is 166. The molecule has 1 fully saturated rings. The number of piperidine rings is 1. The summed E-state index contributed by atoms with van der Waals surface area (Å²) in [5, 5.41) is 3.41. The summed E-state index contributed by atoms with van der Waals surface area (Å²) >= 11 is 0. The molecule has 1 rings (SSSR count). The van der Waals surface area contributed by atoms with Gasteiger partial charge >= 0.3 is 0 Å². The smallest absolute Gasteiger partial charge is 0.0547 e. The van der Waals surface area contributed by atoms with Gasteiger partial charge in [-0.1, -0.05) is 32.6 Å². The molecule has 0 amide bonds. The van der Waals surface area contributed by atoms with Crippen LogP contribution in [-0.4, -0.2) is 25.8 Å². The van der Waals surface area contributed by atoms with Gasteiger partial charge in [-0.3, -0.25) is 0 Å². The van der Waals surface area contributed by atoms with Crippen molar-refractivity contribution in [2.45, 2.75) is 71.3 Å². The van der Waals surface area contributed by atoms with Gasteiger partial charge in [0.25, 0.3) is 0 Å². The first-order chi connectivity index (χ1) is 8.33. The third-order valence-corrected chi connectivity index (χ3v) is 3.85. The number of ether oxygens (including phenoxy) is 1. The highest BCUT2D eigenvalue weighted by Crippen LogP contribution is 2.16. The second-order valence-electron chi connectivity index (χ2n) is 5.51. The van der Waals surface area contributed by atoms with Crippen LogP contribution < -0.4 is 5.32 Å². The molecule has 102 valence electrons. The Morgan fingerprint density at radius 1 is 1.18 bits per heavy atom. The van der Waals surface area contributed by atoms with Gasteiger partial charge in [-0.25, -0.2) is 0 Å². The third-order valence-electron chi connectivity index (χ3n) is 3.85. The third kappa shape index (κ3) is 7.77. The number of nitrogens with one attached hydrogen (secondary N) is 1. The summed E-state index contributed by atoms with van der Waals surface area (Å²) in [4.78, 5) is 0. The van der Waals surface area contributed by atoms with Gasteiger partial charge in [0, 0.05) is 6.61 Å². The molecule has 0 bridgehead atoms. The van der Waals surface area contributed by atoms with Gasteiger partial charge in [-0.05, 0) is 51.6 Å². The minimum absolute atomic E-state index is 0.466. The molecule has 1 aliphatic heterocycles. The topological polar surface area (TPSA) is 21.3 Å². The predicted octanol–water partition coefficient (Wildman–Crippen LogP) is 3.75. The summed E-state index contributed by atoms with van der Waals surface area (Å²) in [6.07, 6.45) is 11.1. The van der Waals surface area contributed by atoms with E-state index in [4.69, 9.17) is 4.74 Å². The lowest BCUT2D eigenvalue weighted by Gasteiger charge is -2.23. The second kappa shape index (κ2) is 9.90. The first-order valence-electron chi connectivity index (χ1n) is 7.65. The molecular weight excluding hydrogens is 210 g/mol. The molecule has 0 aromatic heterocycles. The zero-order valence-electron chi connectivity index (χ0n) is 11.8. The molecule has 0 aromatic carbocycles. The summed E-state index contributed by atoms with van der Waals surface area (Å²) in [6.45, 7) is 7.88. The summed E-state index contributed by atoms with van der Waals surface area (Å²) in [5.41, 5.74) is 0. The maximum Gasteiger partial charge on any atom is 0.0547 e. The minimum Gasteiger partial charge on any atom is -0.378 e. The highest BCUT2D eigenvalue weighted by molar-refractivity contribution is 4.68. The fourth-order valence-electron chi connectivity index (χ4n) is 2.55. The molecule has 0 radical (unpaired) electrons. The minimum atomic E-state index is 0.466. The second-order valence-corrected chi connectivity index (χ2v) is 5.51. The normalized spacial score (nSPS) is 19.4. The molecule has 2 nitrogen and oxygen atoms in total. The molecule has 0 aromatic rings. The summed E-state index contributed by atoms with van der Waals surface area (Å²) in [7, 11) is 0. The largest absolute Gasteiger partial charge is 0.378 e. The highest BCUT2D eigenvalue weighted by Gasteiger charge is 2.13. The van der Waals surface area contributed by atoms with Gasteiger partial charge < -0.3 is 10.1 Å². The Hall–Kier alpha value is -0.0800. The number of unbranched alkanes of at least 4 members (excludes halogenated alkanes) is 3. The Morgan fingerprint density at radius 2 is 1.94 bits per heavy atom. The van der Waals surface area contributed by atoms with Crippen molar-refractivity contribution in [3.05, 3.63) is 0 Å². The van der Waals surface area contributed by atoms with E-state index in [2.05, 4.69) is 19.2 Å². The first kappa shape index (κ1) is 15.0. The van der Waals surface area contributed by atoms with Crippen molar-refractivity contribution in [1.82, 2.24) is 5.32 Å². The van der Waals surface area contributed by atoms with Crippen LogP contribution in [0.2, 0.25) is 0 Å². The van der Waals surface area contributed by atoms with Crippen molar-refractivity contribution >= 4 is 0 Å². The standard InChI is InChI=1S/C15H31NO/c1-3-4-5-6-7-14(2)17-13-10-15-8-11-16-12-9-15/h14-16H,3-13H2,1-2H3. The average molecular weight is 241 g/mol. The van der Waals surface area contributed by atoms with Crippen LogP contribution in [0.5, 0.6) is 0 Å². The highest BCUT2D eigenvalue weighted by atomic mass is 16.5. The molecule has 1 aliphatic rings. The van der Waals surface area contributed by atoms with Crippen LogP contribution in [0.3, 0.4) is 0 Å². The van der Waals surface area contributed by atoms with Crippen molar-refractivity contribution in [3.8, 4) is 0 Å². The molecule has 1 atom stereocenters. The maximum absolute atomic E-state index is 5.90. The number of rotatable bonds is 9. The van der Waals surface area contributed by atoms with E-state index in [0.29, 0.717) is 6.10 Å². The zero-order chi connectivity index (χ0) is 12.3. The van der Waals surface area contributed by atoms with Crippen molar-refractivity contribution in [2.75, 3.05) is 19.7 Å². The molecule has 0 aliphatic carbocycles. The molecule has 0 saturated carbocycles. The summed E-state index contributed by atoms with van der Waals surface area (Å²) in [5.74, 6) is 0.906. The van der Waals surface area contributed by atoms with Gasteiger partial charge in [0.05, 0.1) is 6.10 Å². The molecule has 1 unspecified atom stereocenters. The van der Waals surface area contributed by atoms with Crippen LogP contribution in [-0.2, 0) is 4.74 Å². The molecule has 17 heavy (non-hydrogen) atoms. The average Bonchev–Trinajstić information content (AvgIpc) is 2.36. The maximum atomic E-state index is 5.90. The van der Waals surface area contributed by atoms with Gasteiger partial charge in [0.2, 0.25) is 0 Å². The first-order valence-corrected chi connectivity index (χ1v) is 7.65. The van der Waals surface area contributed by atoms with Crippen LogP contribution >= 0.6 is 0 Å². The van der Waals surface area contributed by atoms with E-state index < -0.39 is 0 Å². The molecule has 0 spiro atoms. The Labute approximate surface area is 108 Å². The van der Waals surface area contributed by atoms with Gasteiger partial charge in [-0.15, -0.1) is 0 Å². The molecule has 1 N–H and O–H groups in total. The lowest BCUT2D eigenvalue weighted by atomic mass is 9.95. The fourth-order valence-corrected chi connectivity index (χ4v) is 2.55. The van der Waals surface area contributed by atoms with Crippen LogP contribution in [0.1, 0.15) is 65.2 Å². The zero-order valence-corrected chi connectivity index (χ0v) is 11.8. The molecule has 1 heterocycles. The van der Waals surface area contributed by atoms with Crippen LogP contribution in [0.4, 0.5) is 0 Å². The lowest BCUT2D eigenvalue weighted by molar-refractivity contribution is 0.0471. The number of hydrogen-bond acceptors (Lipinski definition) is 2. The van der Waals surface area contributed by atoms with Crippen molar-refractivity contribution in [1.29, 1.82) is 0 Å². The van der Waals surface area contributed by atoms with E-state index in [-0.39, 0.29) is 0 Å². The summed E-state index contributed by atoms with van der Waals surface area (Å²) in [6, 6.07) is 0. The predicted molar refractivity (Wildman–Crippen MR) is 74.4 cm³/mol. The number of hydrogen-bond donors (Lipinski definition) is 1. The Kier molecular flexibility index (Phi) is 8.72. The lowest BCUT2D eigenvalue weighted by Crippen LogP contribution is -2.28. The monoisotopic (exact) mass is 241 g/mol. The van der Waals surface area contributed by atoms with E-state index >= 15 is 0 Å².